The van der Waals surface area contributed by atoms with Gasteiger partial charge in [-0.2, -0.15) is 4.31 Å². The number of carbonyl (C=O) groups is 1. The van der Waals surface area contributed by atoms with Crippen LogP contribution < -0.4 is 5.32 Å². The molecule has 1 aliphatic heterocycles. The molecule has 1 saturated heterocycles. The van der Waals surface area contributed by atoms with Crippen molar-refractivity contribution in [2.75, 3.05) is 13.1 Å². The van der Waals surface area contributed by atoms with Crippen LogP contribution in [0, 0.1) is 5.92 Å². The lowest BCUT2D eigenvalue weighted by atomic mass is 9.95. The highest BCUT2D eigenvalue weighted by molar-refractivity contribution is 9.10. The maximum absolute atomic E-state index is 12.8. The highest BCUT2D eigenvalue weighted by atomic mass is 79.9. The first-order chi connectivity index (χ1) is 11.2. The lowest BCUT2D eigenvalue weighted by Crippen LogP contribution is -2.50. The van der Waals surface area contributed by atoms with E-state index in [0.717, 1.165) is 17.3 Å². The molecule has 1 aliphatic rings. The fourth-order valence-electron chi connectivity index (χ4n) is 2.65. The fourth-order valence-corrected chi connectivity index (χ4v) is 4.44. The van der Waals surface area contributed by atoms with Gasteiger partial charge in [0.05, 0.1) is 10.8 Å². The summed E-state index contributed by atoms with van der Waals surface area (Å²) in [6, 6.07) is 6.60. The summed E-state index contributed by atoms with van der Waals surface area (Å²) in [4.78, 5) is 12.8. The Bertz CT molecular complexity index is 686. The summed E-state index contributed by atoms with van der Waals surface area (Å²) in [5.74, 6) is -0.354. The van der Waals surface area contributed by atoms with Crippen LogP contribution in [0.1, 0.15) is 40.0 Å². The molecular formula is C17H25BrN2O3S. The van der Waals surface area contributed by atoms with E-state index < -0.39 is 10.0 Å². The molecule has 0 unspecified atom stereocenters. The second-order valence-electron chi connectivity index (χ2n) is 6.88. The maximum atomic E-state index is 12.8. The van der Waals surface area contributed by atoms with Gasteiger partial charge in [-0.05, 0) is 57.4 Å². The number of nitrogens with zero attached hydrogens (tertiary/aromatic N) is 1. The largest absolute Gasteiger partial charge is 0.351 e. The van der Waals surface area contributed by atoms with Gasteiger partial charge < -0.3 is 5.32 Å². The summed E-state index contributed by atoms with van der Waals surface area (Å²) in [6.45, 7) is 6.67. The van der Waals surface area contributed by atoms with Crippen LogP contribution in [0.25, 0.3) is 0 Å². The minimum absolute atomic E-state index is 0.0578. The van der Waals surface area contributed by atoms with Crippen molar-refractivity contribution in [3.63, 3.8) is 0 Å². The molecule has 134 valence electrons. The van der Waals surface area contributed by atoms with Gasteiger partial charge in [0.2, 0.25) is 15.9 Å². The first-order valence-electron chi connectivity index (χ1n) is 8.23. The van der Waals surface area contributed by atoms with Crippen LogP contribution in [0.15, 0.2) is 33.6 Å². The van der Waals surface area contributed by atoms with E-state index in [-0.39, 0.29) is 28.8 Å². The van der Waals surface area contributed by atoms with Crippen LogP contribution in [-0.4, -0.2) is 37.3 Å². The van der Waals surface area contributed by atoms with Crippen LogP contribution >= 0.6 is 15.9 Å². The molecule has 5 nitrogen and oxygen atoms in total. The third-order valence-corrected chi connectivity index (χ3v) is 6.96. The summed E-state index contributed by atoms with van der Waals surface area (Å²) < 4.78 is 27.8. The Labute approximate surface area is 153 Å². The smallest absolute Gasteiger partial charge is 0.243 e. The standard InChI is InChI=1S/C17H25BrN2O3S/c1-4-17(2,3)19-16(21)13-6-5-11-20(12-13)24(22,23)15-9-7-14(18)8-10-15/h7-10,13H,4-6,11-12H2,1-3H3,(H,19,21)/t13-/m1/s1. The van der Waals surface area contributed by atoms with E-state index in [2.05, 4.69) is 21.2 Å². The number of sulfonamides is 1. The van der Waals surface area contributed by atoms with E-state index in [1.807, 2.05) is 20.8 Å². The molecule has 0 radical (unpaired) electrons. The molecule has 0 saturated carbocycles. The number of hydrogen-bond donors (Lipinski definition) is 1. The summed E-state index contributed by atoms with van der Waals surface area (Å²) >= 11 is 3.31. The summed E-state index contributed by atoms with van der Waals surface area (Å²) in [7, 11) is -3.56. The fraction of sp³-hybridized carbons (Fsp3) is 0.588. The summed E-state index contributed by atoms with van der Waals surface area (Å²) in [6.07, 6.45) is 2.24. The average molecular weight is 417 g/mol. The van der Waals surface area contributed by atoms with E-state index >= 15 is 0 Å². The maximum Gasteiger partial charge on any atom is 0.243 e. The van der Waals surface area contributed by atoms with Gasteiger partial charge >= 0.3 is 0 Å². The molecule has 0 aliphatic carbocycles. The third-order valence-electron chi connectivity index (χ3n) is 4.55. The molecule has 24 heavy (non-hydrogen) atoms. The van der Waals surface area contributed by atoms with Crippen molar-refractivity contribution in [2.24, 2.45) is 5.92 Å². The molecule has 1 aromatic carbocycles. The van der Waals surface area contributed by atoms with E-state index in [4.69, 9.17) is 0 Å². The zero-order valence-electron chi connectivity index (χ0n) is 14.4. The number of nitrogens with one attached hydrogen (secondary N) is 1. The van der Waals surface area contributed by atoms with E-state index in [9.17, 15) is 13.2 Å². The Morgan fingerprint density at radius 2 is 1.96 bits per heavy atom. The number of carbonyl (C=O) groups excluding carboxylic acids is 1. The van der Waals surface area contributed by atoms with Crippen molar-refractivity contribution in [1.82, 2.24) is 9.62 Å². The van der Waals surface area contributed by atoms with Crippen LogP contribution in [0.4, 0.5) is 0 Å². The predicted octanol–water partition coefficient (Wildman–Crippen LogP) is 3.15. The van der Waals surface area contributed by atoms with Gasteiger partial charge in [-0.3, -0.25) is 4.79 Å². The molecule has 2 rings (SSSR count). The molecule has 1 N–H and O–H groups in total. The Morgan fingerprint density at radius 3 is 2.54 bits per heavy atom. The second kappa shape index (κ2) is 7.54. The topological polar surface area (TPSA) is 66.5 Å². The molecule has 7 heteroatoms. The number of rotatable bonds is 5. The van der Waals surface area contributed by atoms with Crippen LogP contribution in [-0.2, 0) is 14.8 Å². The SMILES string of the molecule is CCC(C)(C)NC(=O)[C@@H]1CCCN(S(=O)(=O)c2ccc(Br)cc2)C1. The molecule has 1 amide bonds. The van der Waals surface area contributed by atoms with Crippen molar-refractivity contribution in [3.05, 3.63) is 28.7 Å². The van der Waals surface area contributed by atoms with E-state index in [0.29, 0.717) is 13.0 Å². The number of halogens is 1. The number of amides is 1. The number of benzene rings is 1. The Balaban J connectivity index is 2.12. The quantitative estimate of drug-likeness (QED) is 0.801. The summed E-state index contributed by atoms with van der Waals surface area (Å²) in [5.41, 5.74) is -0.274. The van der Waals surface area contributed by atoms with Crippen LogP contribution in [0.5, 0.6) is 0 Å². The minimum atomic E-state index is -3.56. The van der Waals surface area contributed by atoms with Crippen molar-refractivity contribution in [2.45, 2.75) is 50.5 Å². The third kappa shape index (κ3) is 4.58. The Morgan fingerprint density at radius 1 is 1.33 bits per heavy atom. The molecule has 1 fully saturated rings. The Kier molecular flexibility index (Phi) is 6.09. The van der Waals surface area contributed by atoms with Gasteiger partial charge in [0.1, 0.15) is 0 Å². The predicted molar refractivity (Wildman–Crippen MR) is 98.1 cm³/mol. The van der Waals surface area contributed by atoms with Gasteiger partial charge in [0.15, 0.2) is 0 Å². The number of piperidine rings is 1. The average Bonchev–Trinajstić information content (AvgIpc) is 2.55. The molecule has 1 heterocycles. The van der Waals surface area contributed by atoms with Gasteiger partial charge in [0, 0.05) is 23.1 Å². The zero-order valence-corrected chi connectivity index (χ0v) is 16.8. The molecule has 1 atom stereocenters. The van der Waals surface area contributed by atoms with Crippen molar-refractivity contribution in [3.8, 4) is 0 Å². The summed E-state index contributed by atoms with van der Waals surface area (Å²) in [5, 5.41) is 3.03. The molecule has 0 spiro atoms. The lowest BCUT2D eigenvalue weighted by molar-refractivity contribution is -0.127. The van der Waals surface area contributed by atoms with Crippen molar-refractivity contribution < 1.29 is 13.2 Å². The Hall–Kier alpha value is -0.920. The van der Waals surface area contributed by atoms with Crippen LogP contribution in [0.3, 0.4) is 0 Å². The number of hydrogen-bond acceptors (Lipinski definition) is 3. The highest BCUT2D eigenvalue weighted by Crippen LogP contribution is 2.25. The molecule has 0 aromatic heterocycles. The van der Waals surface area contributed by atoms with E-state index in [1.165, 1.54) is 4.31 Å². The molecule has 1 aromatic rings. The molecule has 0 bridgehead atoms. The lowest BCUT2D eigenvalue weighted by Gasteiger charge is -2.33. The second-order valence-corrected chi connectivity index (χ2v) is 9.74. The van der Waals surface area contributed by atoms with Crippen molar-refractivity contribution >= 4 is 31.9 Å². The monoisotopic (exact) mass is 416 g/mol. The van der Waals surface area contributed by atoms with Gasteiger partial charge in [-0.15, -0.1) is 0 Å². The zero-order chi connectivity index (χ0) is 18.0. The highest BCUT2D eigenvalue weighted by Gasteiger charge is 2.34. The van der Waals surface area contributed by atoms with Gasteiger partial charge in [-0.25, -0.2) is 8.42 Å². The van der Waals surface area contributed by atoms with Crippen molar-refractivity contribution in [1.29, 1.82) is 0 Å². The van der Waals surface area contributed by atoms with Gasteiger partial charge in [0.25, 0.3) is 0 Å². The first kappa shape index (κ1) is 19.4. The van der Waals surface area contributed by atoms with Gasteiger partial charge in [-0.1, -0.05) is 22.9 Å². The van der Waals surface area contributed by atoms with E-state index in [1.54, 1.807) is 24.3 Å². The molecular weight excluding hydrogens is 392 g/mol. The first-order valence-corrected chi connectivity index (χ1v) is 10.5. The minimum Gasteiger partial charge on any atom is -0.351 e. The normalized spacial score (nSPS) is 19.9. The van der Waals surface area contributed by atoms with Crippen LogP contribution in [0.2, 0.25) is 0 Å².